The number of rotatable bonds is 7. The summed E-state index contributed by atoms with van der Waals surface area (Å²) >= 11 is 0. The first-order chi connectivity index (χ1) is 10.5. The molecule has 128 valence electrons. The number of urea groups is 1. The van der Waals surface area contributed by atoms with E-state index in [2.05, 4.69) is 24.5 Å². The molecule has 2 N–H and O–H groups in total. The van der Waals surface area contributed by atoms with Crippen molar-refractivity contribution in [1.82, 2.24) is 15.5 Å². The first-order valence-electron chi connectivity index (χ1n) is 8.81. The molecule has 5 heteroatoms. The number of carbonyl (C=O) groups excluding carboxylic acids is 2. The summed E-state index contributed by atoms with van der Waals surface area (Å²) in [6, 6.07) is 0.183. The molecule has 3 atom stereocenters. The number of nitrogens with zero attached hydrogens (tertiary/aromatic N) is 1. The molecule has 0 aromatic rings. The molecule has 1 saturated carbocycles. The third kappa shape index (κ3) is 5.85. The normalized spacial score (nSPS) is 24.6. The van der Waals surface area contributed by atoms with Gasteiger partial charge < -0.3 is 15.5 Å². The van der Waals surface area contributed by atoms with E-state index >= 15 is 0 Å². The Bertz CT molecular complexity index is 356. The van der Waals surface area contributed by atoms with Gasteiger partial charge in [0.25, 0.3) is 0 Å². The molecule has 0 saturated heterocycles. The standard InChI is InChI=1S/C17H33N3O2/c1-5-20(6-2)16(21)11-8-12-18-17(22)19-15-10-7-9-13(3)14(15)4/h13-15H,5-12H2,1-4H3,(H2,18,19,22). The van der Waals surface area contributed by atoms with E-state index in [1.54, 1.807) is 0 Å². The van der Waals surface area contributed by atoms with Crippen molar-refractivity contribution < 1.29 is 9.59 Å². The minimum Gasteiger partial charge on any atom is -0.343 e. The van der Waals surface area contributed by atoms with Gasteiger partial charge in [-0.15, -0.1) is 0 Å². The fraction of sp³-hybridized carbons (Fsp3) is 0.882. The van der Waals surface area contributed by atoms with Crippen molar-refractivity contribution in [3.63, 3.8) is 0 Å². The molecule has 0 heterocycles. The predicted octanol–water partition coefficient (Wildman–Crippen LogP) is 2.76. The van der Waals surface area contributed by atoms with Gasteiger partial charge in [0, 0.05) is 32.1 Å². The zero-order chi connectivity index (χ0) is 16.5. The minimum absolute atomic E-state index is 0.0961. The molecular formula is C17H33N3O2. The van der Waals surface area contributed by atoms with Crippen LogP contribution in [-0.4, -0.2) is 42.5 Å². The highest BCUT2D eigenvalue weighted by Crippen LogP contribution is 2.29. The predicted molar refractivity (Wildman–Crippen MR) is 89.7 cm³/mol. The maximum Gasteiger partial charge on any atom is 0.315 e. The number of carbonyl (C=O) groups is 2. The van der Waals surface area contributed by atoms with Crippen LogP contribution in [0.3, 0.4) is 0 Å². The zero-order valence-electron chi connectivity index (χ0n) is 14.7. The van der Waals surface area contributed by atoms with Crippen molar-refractivity contribution in [3.8, 4) is 0 Å². The number of hydrogen-bond donors (Lipinski definition) is 2. The Morgan fingerprint density at radius 1 is 1.14 bits per heavy atom. The van der Waals surface area contributed by atoms with E-state index in [1.807, 2.05) is 18.7 Å². The second kappa shape index (κ2) is 9.70. The Labute approximate surface area is 135 Å². The molecule has 1 fully saturated rings. The van der Waals surface area contributed by atoms with Gasteiger partial charge in [-0.3, -0.25) is 4.79 Å². The summed E-state index contributed by atoms with van der Waals surface area (Å²) in [5.74, 6) is 1.37. The summed E-state index contributed by atoms with van der Waals surface area (Å²) in [5, 5.41) is 5.96. The topological polar surface area (TPSA) is 61.4 Å². The van der Waals surface area contributed by atoms with Gasteiger partial charge >= 0.3 is 6.03 Å². The molecule has 0 spiro atoms. The summed E-state index contributed by atoms with van der Waals surface area (Å²) in [7, 11) is 0. The van der Waals surface area contributed by atoms with Crippen molar-refractivity contribution >= 4 is 11.9 Å². The van der Waals surface area contributed by atoms with Crippen LogP contribution in [-0.2, 0) is 4.79 Å². The van der Waals surface area contributed by atoms with E-state index in [9.17, 15) is 9.59 Å². The molecule has 5 nitrogen and oxygen atoms in total. The average molecular weight is 311 g/mol. The van der Waals surface area contributed by atoms with E-state index in [0.717, 1.165) is 19.5 Å². The second-order valence-corrected chi connectivity index (χ2v) is 6.44. The van der Waals surface area contributed by atoms with Gasteiger partial charge in [-0.1, -0.05) is 26.7 Å². The van der Waals surface area contributed by atoms with Gasteiger partial charge in [0.1, 0.15) is 0 Å². The zero-order valence-corrected chi connectivity index (χ0v) is 14.7. The highest BCUT2D eigenvalue weighted by Gasteiger charge is 2.27. The van der Waals surface area contributed by atoms with Crippen LogP contribution in [0.2, 0.25) is 0 Å². The molecule has 0 aromatic carbocycles. The van der Waals surface area contributed by atoms with E-state index in [4.69, 9.17) is 0 Å². The summed E-state index contributed by atoms with van der Waals surface area (Å²) in [6.07, 6.45) is 4.71. The molecule has 0 aromatic heterocycles. The van der Waals surface area contributed by atoms with Crippen molar-refractivity contribution in [2.24, 2.45) is 11.8 Å². The van der Waals surface area contributed by atoms with Crippen molar-refractivity contribution in [3.05, 3.63) is 0 Å². The SMILES string of the molecule is CCN(CC)C(=O)CCCNC(=O)NC1CCCC(C)C1C. The smallest absolute Gasteiger partial charge is 0.315 e. The van der Waals surface area contributed by atoms with Crippen molar-refractivity contribution in [2.45, 2.75) is 65.8 Å². The molecule has 1 aliphatic rings. The third-order valence-electron chi connectivity index (χ3n) is 4.99. The highest BCUT2D eigenvalue weighted by molar-refractivity contribution is 5.76. The van der Waals surface area contributed by atoms with Gasteiger partial charge in [0.15, 0.2) is 0 Å². The Morgan fingerprint density at radius 2 is 1.82 bits per heavy atom. The maximum atomic E-state index is 11.9. The molecule has 0 radical (unpaired) electrons. The molecule has 22 heavy (non-hydrogen) atoms. The van der Waals surface area contributed by atoms with Gasteiger partial charge in [-0.25, -0.2) is 4.79 Å². The highest BCUT2D eigenvalue weighted by atomic mass is 16.2. The Balaban J connectivity index is 2.19. The van der Waals surface area contributed by atoms with Crippen LogP contribution >= 0.6 is 0 Å². The minimum atomic E-state index is -0.0961. The average Bonchev–Trinajstić information content (AvgIpc) is 2.49. The summed E-state index contributed by atoms with van der Waals surface area (Å²) in [5.41, 5.74) is 0. The fourth-order valence-electron chi connectivity index (χ4n) is 3.18. The van der Waals surface area contributed by atoms with Gasteiger partial charge in [-0.05, 0) is 38.5 Å². The van der Waals surface area contributed by atoms with Gasteiger partial charge in [0.05, 0.1) is 0 Å². The van der Waals surface area contributed by atoms with E-state index < -0.39 is 0 Å². The Hall–Kier alpha value is -1.26. The van der Waals surface area contributed by atoms with Crippen LogP contribution < -0.4 is 10.6 Å². The van der Waals surface area contributed by atoms with Gasteiger partial charge in [-0.2, -0.15) is 0 Å². The lowest BCUT2D eigenvalue weighted by Crippen LogP contribution is -2.48. The van der Waals surface area contributed by atoms with Gasteiger partial charge in [0.2, 0.25) is 5.91 Å². The fourth-order valence-corrected chi connectivity index (χ4v) is 3.18. The maximum absolute atomic E-state index is 11.9. The van der Waals surface area contributed by atoms with Crippen LogP contribution in [0.25, 0.3) is 0 Å². The van der Waals surface area contributed by atoms with Crippen LogP contribution in [0.5, 0.6) is 0 Å². The lowest BCUT2D eigenvalue weighted by atomic mass is 9.78. The van der Waals surface area contributed by atoms with Crippen LogP contribution in [0.4, 0.5) is 4.79 Å². The Kier molecular flexibility index (Phi) is 8.28. The van der Waals surface area contributed by atoms with E-state index in [-0.39, 0.29) is 18.0 Å². The number of nitrogens with one attached hydrogen (secondary N) is 2. The molecule has 0 aliphatic heterocycles. The van der Waals surface area contributed by atoms with Crippen molar-refractivity contribution in [2.75, 3.05) is 19.6 Å². The largest absolute Gasteiger partial charge is 0.343 e. The Morgan fingerprint density at radius 3 is 2.45 bits per heavy atom. The molecule has 1 aliphatic carbocycles. The first kappa shape index (κ1) is 18.8. The second-order valence-electron chi connectivity index (χ2n) is 6.44. The molecular weight excluding hydrogens is 278 g/mol. The van der Waals surface area contributed by atoms with Crippen molar-refractivity contribution in [1.29, 1.82) is 0 Å². The molecule has 0 bridgehead atoms. The van der Waals surface area contributed by atoms with Crippen LogP contribution in [0.15, 0.2) is 0 Å². The monoisotopic (exact) mass is 311 g/mol. The molecule has 3 unspecified atom stereocenters. The van der Waals surface area contributed by atoms with Crippen LogP contribution in [0, 0.1) is 11.8 Å². The molecule has 1 rings (SSSR count). The summed E-state index contributed by atoms with van der Waals surface area (Å²) < 4.78 is 0. The summed E-state index contributed by atoms with van der Waals surface area (Å²) in [4.78, 5) is 25.6. The van der Waals surface area contributed by atoms with E-state index in [0.29, 0.717) is 31.2 Å². The molecule has 3 amide bonds. The third-order valence-corrected chi connectivity index (χ3v) is 4.99. The first-order valence-corrected chi connectivity index (χ1v) is 8.81. The number of hydrogen-bond acceptors (Lipinski definition) is 2. The number of amides is 3. The van der Waals surface area contributed by atoms with E-state index in [1.165, 1.54) is 12.8 Å². The lowest BCUT2D eigenvalue weighted by molar-refractivity contribution is -0.130. The summed E-state index contributed by atoms with van der Waals surface area (Å²) in [6.45, 7) is 10.5. The lowest BCUT2D eigenvalue weighted by Gasteiger charge is -2.34. The van der Waals surface area contributed by atoms with Crippen LogP contribution in [0.1, 0.15) is 59.8 Å². The quantitative estimate of drug-likeness (QED) is 0.710.